The Morgan fingerprint density at radius 1 is 1.19 bits per heavy atom. The van der Waals surface area contributed by atoms with Gasteiger partial charge in [0.05, 0.1) is 13.2 Å². The molecule has 21 heavy (non-hydrogen) atoms. The van der Waals surface area contributed by atoms with Crippen LogP contribution in [0.2, 0.25) is 0 Å². The van der Waals surface area contributed by atoms with Gasteiger partial charge < -0.3 is 20.7 Å². The second-order valence-electron chi connectivity index (χ2n) is 4.65. The highest BCUT2D eigenvalue weighted by Crippen LogP contribution is 2.20. The van der Waals surface area contributed by atoms with Crippen LogP contribution in [0.5, 0.6) is 0 Å². The van der Waals surface area contributed by atoms with Crippen molar-refractivity contribution in [2.45, 2.75) is 20.3 Å². The van der Waals surface area contributed by atoms with Crippen LogP contribution >= 0.6 is 0 Å². The third-order valence-electron chi connectivity index (χ3n) is 2.89. The van der Waals surface area contributed by atoms with Crippen molar-refractivity contribution in [1.82, 2.24) is 5.32 Å². The minimum atomic E-state index is -0.131. The molecule has 1 aromatic carbocycles. The second-order valence-corrected chi connectivity index (χ2v) is 4.65. The molecule has 0 aliphatic heterocycles. The van der Waals surface area contributed by atoms with E-state index in [1.807, 2.05) is 19.1 Å². The predicted molar refractivity (Wildman–Crippen MR) is 83.5 cm³/mol. The maximum Gasteiger partial charge on any atom is 0.238 e. The maximum atomic E-state index is 11.8. The quantitative estimate of drug-likeness (QED) is 0.635. The van der Waals surface area contributed by atoms with E-state index in [4.69, 9.17) is 4.74 Å². The summed E-state index contributed by atoms with van der Waals surface area (Å²) in [6, 6.07) is 5.44. The van der Waals surface area contributed by atoms with E-state index in [0.717, 1.165) is 5.56 Å². The summed E-state index contributed by atoms with van der Waals surface area (Å²) < 4.78 is 4.89. The number of ether oxygens (including phenoxy) is 1. The monoisotopic (exact) mass is 293 g/mol. The van der Waals surface area contributed by atoms with Gasteiger partial charge in [-0.2, -0.15) is 0 Å². The van der Waals surface area contributed by atoms with E-state index in [1.54, 1.807) is 20.1 Å². The summed E-state index contributed by atoms with van der Waals surface area (Å²) in [7, 11) is 1.61. The van der Waals surface area contributed by atoms with Crippen molar-refractivity contribution in [3.63, 3.8) is 0 Å². The molecular formula is C15H23N3O3. The number of hydrogen-bond donors (Lipinski definition) is 3. The molecule has 0 atom stereocenters. The zero-order chi connectivity index (χ0) is 15.7. The molecular weight excluding hydrogens is 270 g/mol. The number of anilines is 2. The van der Waals surface area contributed by atoms with Crippen LogP contribution in [0.1, 0.15) is 18.9 Å². The van der Waals surface area contributed by atoms with Crippen molar-refractivity contribution < 1.29 is 14.3 Å². The molecule has 6 heteroatoms. The van der Waals surface area contributed by atoms with Gasteiger partial charge in [0, 0.05) is 31.5 Å². The molecule has 1 rings (SSSR count). The lowest BCUT2D eigenvalue weighted by molar-refractivity contribution is -0.116. The maximum absolute atomic E-state index is 11.8. The van der Waals surface area contributed by atoms with Gasteiger partial charge in [-0.25, -0.2) is 0 Å². The van der Waals surface area contributed by atoms with Gasteiger partial charge in [0.15, 0.2) is 0 Å². The van der Waals surface area contributed by atoms with Crippen LogP contribution in [-0.4, -0.2) is 38.6 Å². The van der Waals surface area contributed by atoms with Gasteiger partial charge >= 0.3 is 0 Å². The van der Waals surface area contributed by atoms with E-state index in [2.05, 4.69) is 16.0 Å². The van der Waals surface area contributed by atoms with E-state index < -0.39 is 0 Å². The third kappa shape index (κ3) is 6.37. The molecule has 0 saturated heterocycles. The molecule has 0 spiro atoms. The predicted octanol–water partition coefficient (Wildman–Crippen LogP) is 1.52. The highest BCUT2D eigenvalue weighted by atomic mass is 16.5. The number of amides is 2. The van der Waals surface area contributed by atoms with Gasteiger partial charge in [-0.15, -0.1) is 0 Å². The van der Waals surface area contributed by atoms with Crippen molar-refractivity contribution >= 4 is 23.2 Å². The van der Waals surface area contributed by atoms with Crippen molar-refractivity contribution in [1.29, 1.82) is 0 Å². The van der Waals surface area contributed by atoms with Gasteiger partial charge in [-0.05, 0) is 24.6 Å². The van der Waals surface area contributed by atoms with E-state index >= 15 is 0 Å². The number of nitrogens with one attached hydrogen (secondary N) is 3. The summed E-state index contributed by atoms with van der Waals surface area (Å²) >= 11 is 0. The summed E-state index contributed by atoms with van der Waals surface area (Å²) in [5.74, 6) is -0.189. The smallest absolute Gasteiger partial charge is 0.238 e. The molecule has 116 valence electrons. The molecule has 0 bridgehead atoms. The Labute approximate surface area is 125 Å². The molecule has 1 aromatic rings. The molecule has 0 unspecified atom stereocenters. The van der Waals surface area contributed by atoms with E-state index in [-0.39, 0.29) is 18.4 Å². The van der Waals surface area contributed by atoms with Crippen LogP contribution in [0.15, 0.2) is 18.2 Å². The normalized spacial score (nSPS) is 10.2. The topological polar surface area (TPSA) is 79.5 Å². The molecule has 0 saturated carbocycles. The van der Waals surface area contributed by atoms with Crippen LogP contribution < -0.4 is 16.0 Å². The Morgan fingerprint density at radius 2 is 1.95 bits per heavy atom. The van der Waals surface area contributed by atoms with Crippen molar-refractivity contribution in [2.24, 2.45) is 0 Å². The Morgan fingerprint density at radius 3 is 2.62 bits per heavy atom. The summed E-state index contributed by atoms with van der Waals surface area (Å²) in [4.78, 5) is 23.2. The fourth-order valence-electron chi connectivity index (χ4n) is 1.65. The highest BCUT2D eigenvalue weighted by molar-refractivity contribution is 5.95. The first-order valence-electron chi connectivity index (χ1n) is 6.96. The molecule has 0 heterocycles. The minimum absolute atomic E-state index is 0.0580. The zero-order valence-electron chi connectivity index (χ0n) is 12.8. The summed E-state index contributed by atoms with van der Waals surface area (Å²) in [6.07, 6.45) is 0.416. The van der Waals surface area contributed by atoms with E-state index in [1.165, 1.54) is 0 Å². The van der Waals surface area contributed by atoms with Gasteiger partial charge in [0.2, 0.25) is 11.8 Å². The van der Waals surface area contributed by atoms with Crippen LogP contribution in [-0.2, 0) is 14.3 Å². The van der Waals surface area contributed by atoms with Gasteiger partial charge in [0.25, 0.3) is 0 Å². The van der Waals surface area contributed by atoms with Crippen molar-refractivity contribution in [3.05, 3.63) is 23.8 Å². The van der Waals surface area contributed by atoms with Crippen LogP contribution in [0.3, 0.4) is 0 Å². The third-order valence-corrected chi connectivity index (χ3v) is 2.89. The average Bonchev–Trinajstić information content (AvgIpc) is 2.47. The highest BCUT2D eigenvalue weighted by Gasteiger charge is 2.06. The number of carbonyl (C=O) groups excluding carboxylic acids is 2. The van der Waals surface area contributed by atoms with Gasteiger partial charge in [-0.1, -0.05) is 13.0 Å². The standard InChI is InChI=1S/C15H23N3O3/c1-4-14(19)17-12-6-5-11(2)13(9-12)18-15(20)10-16-7-8-21-3/h5-6,9,16H,4,7-8,10H2,1-3H3,(H,17,19)(H,18,20). The summed E-state index contributed by atoms with van der Waals surface area (Å²) in [5.41, 5.74) is 2.31. The number of rotatable bonds is 8. The van der Waals surface area contributed by atoms with Crippen molar-refractivity contribution in [3.8, 4) is 0 Å². The molecule has 0 fully saturated rings. The lowest BCUT2D eigenvalue weighted by atomic mass is 10.1. The molecule has 2 amide bonds. The average molecular weight is 293 g/mol. The van der Waals surface area contributed by atoms with Crippen LogP contribution in [0, 0.1) is 6.92 Å². The Bertz CT molecular complexity index is 489. The minimum Gasteiger partial charge on any atom is -0.383 e. The van der Waals surface area contributed by atoms with Crippen molar-refractivity contribution in [2.75, 3.05) is 37.4 Å². The number of methoxy groups -OCH3 is 1. The van der Waals surface area contributed by atoms with Gasteiger partial charge in [-0.3, -0.25) is 9.59 Å². The zero-order valence-corrected chi connectivity index (χ0v) is 12.8. The molecule has 3 N–H and O–H groups in total. The Balaban J connectivity index is 2.58. The van der Waals surface area contributed by atoms with Crippen LogP contribution in [0.25, 0.3) is 0 Å². The lowest BCUT2D eigenvalue weighted by Gasteiger charge is -2.11. The SMILES string of the molecule is CCC(=O)Nc1ccc(C)c(NC(=O)CNCCOC)c1. The first kappa shape index (κ1) is 17.1. The van der Waals surface area contributed by atoms with E-state index in [9.17, 15) is 9.59 Å². The van der Waals surface area contributed by atoms with Gasteiger partial charge in [0.1, 0.15) is 0 Å². The molecule has 0 aliphatic carbocycles. The van der Waals surface area contributed by atoms with E-state index in [0.29, 0.717) is 30.9 Å². The molecule has 0 aliphatic rings. The van der Waals surface area contributed by atoms with Crippen LogP contribution in [0.4, 0.5) is 11.4 Å². The first-order valence-corrected chi connectivity index (χ1v) is 6.96. The number of hydrogen-bond acceptors (Lipinski definition) is 4. The number of carbonyl (C=O) groups is 2. The number of aryl methyl sites for hydroxylation is 1. The molecule has 6 nitrogen and oxygen atoms in total. The largest absolute Gasteiger partial charge is 0.383 e. The Hall–Kier alpha value is -1.92. The molecule has 0 radical (unpaired) electrons. The first-order chi connectivity index (χ1) is 10.1. The summed E-state index contributed by atoms with van der Waals surface area (Å²) in [6.45, 7) is 5.09. The lowest BCUT2D eigenvalue weighted by Crippen LogP contribution is -2.30. The second kappa shape index (κ2) is 9.10. The number of benzene rings is 1. The Kier molecular flexibility index (Phi) is 7.42. The fraction of sp³-hybridized carbons (Fsp3) is 0.467. The summed E-state index contributed by atoms with van der Waals surface area (Å²) in [5, 5.41) is 8.57. The molecule has 0 aromatic heterocycles. The fourth-order valence-corrected chi connectivity index (χ4v) is 1.65.